The third-order valence-corrected chi connectivity index (χ3v) is 10.4. The molecule has 2 saturated heterocycles. The van der Waals surface area contributed by atoms with Crippen LogP contribution in [0.15, 0.2) is 35.6 Å². The molecule has 3 aliphatic heterocycles. The van der Waals surface area contributed by atoms with E-state index in [1.54, 1.807) is 18.5 Å². The van der Waals surface area contributed by atoms with Crippen molar-refractivity contribution in [3.8, 4) is 0 Å². The summed E-state index contributed by atoms with van der Waals surface area (Å²) in [7, 11) is 3.18. The summed E-state index contributed by atoms with van der Waals surface area (Å²) >= 11 is 1.32. The number of piperidine rings is 1. The van der Waals surface area contributed by atoms with E-state index in [0.29, 0.717) is 48.4 Å². The zero-order valence-corrected chi connectivity index (χ0v) is 27.6. The number of nitrogens with zero attached hydrogens (tertiary/aromatic N) is 6. The van der Waals surface area contributed by atoms with Crippen LogP contribution in [0.4, 0.5) is 19.0 Å². The molecule has 2 fully saturated rings. The van der Waals surface area contributed by atoms with Crippen molar-refractivity contribution >= 4 is 29.5 Å². The molecule has 3 aliphatic rings. The third-order valence-electron chi connectivity index (χ3n) is 9.51. The van der Waals surface area contributed by atoms with Crippen molar-refractivity contribution in [3.05, 3.63) is 64.2 Å². The van der Waals surface area contributed by atoms with Gasteiger partial charge in [-0.2, -0.15) is 13.2 Å². The van der Waals surface area contributed by atoms with Crippen LogP contribution in [-0.2, 0) is 52.4 Å². The van der Waals surface area contributed by atoms with Crippen molar-refractivity contribution in [2.45, 2.75) is 68.7 Å². The Bertz CT molecular complexity index is 1640. The van der Waals surface area contributed by atoms with Gasteiger partial charge in [-0.15, -0.1) is 22.0 Å². The number of fused-ring (bicyclic) bond motifs is 1. The summed E-state index contributed by atoms with van der Waals surface area (Å²) in [5.74, 6) is 1.02. The number of hydrogen-bond donors (Lipinski definition) is 0. The Hall–Kier alpha value is -3.49. The van der Waals surface area contributed by atoms with Crippen LogP contribution in [0.25, 0.3) is 0 Å². The maximum absolute atomic E-state index is 14.5. The Balaban J connectivity index is 1.35. The van der Waals surface area contributed by atoms with Crippen molar-refractivity contribution in [2.75, 3.05) is 44.1 Å². The summed E-state index contributed by atoms with van der Waals surface area (Å²) in [6.07, 6.45) is 0.810. The molecule has 1 amide bonds. The smallest absolute Gasteiger partial charge is 0.416 e. The summed E-state index contributed by atoms with van der Waals surface area (Å²) in [6, 6.07) is 6.53. The predicted octanol–water partition coefficient (Wildman–Crippen LogP) is 5.18. The standard InChI is InChI=1S/C33H39F3N6O4S/c1-4-21-6-5-8-41(15-21)16-22-10-24-25(26(11-22)33(34,35)36)17-42(31(24)44)27-12-23(13-29(38-27)47-9-7-30(43)45-3)32(18-46-19-32)14-28-39-37-20-40(28)2/h10-13,20-21H,4-9,14-19H2,1-3H3/t21-/m0/s1. The second-order valence-corrected chi connectivity index (χ2v) is 13.9. The largest absolute Gasteiger partial charge is 0.469 e. The van der Waals surface area contributed by atoms with Crippen LogP contribution in [0.3, 0.4) is 0 Å². The number of ether oxygens (including phenoxy) is 2. The van der Waals surface area contributed by atoms with Gasteiger partial charge in [-0.1, -0.05) is 13.3 Å². The van der Waals surface area contributed by atoms with Crippen LogP contribution in [0.2, 0.25) is 0 Å². The minimum absolute atomic E-state index is 0.0378. The molecule has 0 spiro atoms. The summed E-state index contributed by atoms with van der Waals surface area (Å²) in [4.78, 5) is 34.1. The van der Waals surface area contributed by atoms with Gasteiger partial charge in [0, 0.05) is 43.3 Å². The lowest BCUT2D eigenvalue weighted by Gasteiger charge is -2.42. The molecule has 0 unspecified atom stereocenters. The van der Waals surface area contributed by atoms with E-state index in [1.165, 1.54) is 29.8 Å². The fraction of sp³-hybridized carbons (Fsp3) is 0.545. The number of aryl methyl sites for hydroxylation is 1. The van der Waals surface area contributed by atoms with Crippen molar-refractivity contribution in [1.29, 1.82) is 0 Å². The van der Waals surface area contributed by atoms with E-state index in [-0.39, 0.29) is 35.9 Å². The van der Waals surface area contributed by atoms with Gasteiger partial charge in [-0.3, -0.25) is 19.4 Å². The number of esters is 1. The molecule has 252 valence electrons. The quantitative estimate of drug-likeness (QED) is 0.202. The van der Waals surface area contributed by atoms with E-state index >= 15 is 0 Å². The highest BCUT2D eigenvalue weighted by Crippen LogP contribution is 2.42. The zero-order valence-electron chi connectivity index (χ0n) is 26.8. The number of carbonyl (C=O) groups is 2. The number of rotatable bonds is 11. The molecular formula is C33H39F3N6O4S. The number of anilines is 1. The molecule has 47 heavy (non-hydrogen) atoms. The van der Waals surface area contributed by atoms with Gasteiger partial charge in [-0.05, 0) is 66.3 Å². The van der Waals surface area contributed by atoms with Gasteiger partial charge >= 0.3 is 12.1 Å². The zero-order chi connectivity index (χ0) is 33.3. The molecule has 6 rings (SSSR count). The molecule has 0 N–H and O–H groups in total. The molecule has 0 radical (unpaired) electrons. The van der Waals surface area contributed by atoms with Crippen molar-refractivity contribution < 1.29 is 32.2 Å². The second-order valence-electron chi connectivity index (χ2n) is 12.7. The maximum atomic E-state index is 14.5. The monoisotopic (exact) mass is 672 g/mol. The van der Waals surface area contributed by atoms with E-state index in [2.05, 4.69) is 22.0 Å². The number of likely N-dealkylation sites (tertiary alicyclic amines) is 1. The van der Waals surface area contributed by atoms with Crippen LogP contribution in [0.5, 0.6) is 0 Å². The topological polar surface area (TPSA) is 103 Å². The van der Waals surface area contributed by atoms with E-state index < -0.39 is 23.1 Å². The van der Waals surface area contributed by atoms with Crippen LogP contribution in [-0.4, -0.2) is 75.7 Å². The average molecular weight is 673 g/mol. The molecular weight excluding hydrogens is 633 g/mol. The minimum Gasteiger partial charge on any atom is -0.469 e. The highest BCUT2D eigenvalue weighted by molar-refractivity contribution is 7.99. The molecule has 1 aromatic carbocycles. The average Bonchev–Trinajstić information content (AvgIpc) is 3.59. The van der Waals surface area contributed by atoms with Gasteiger partial charge in [0.1, 0.15) is 18.0 Å². The van der Waals surface area contributed by atoms with Crippen molar-refractivity contribution in [3.63, 3.8) is 0 Å². The van der Waals surface area contributed by atoms with Gasteiger partial charge in [0.15, 0.2) is 0 Å². The molecule has 2 aromatic heterocycles. The number of aromatic nitrogens is 4. The van der Waals surface area contributed by atoms with Crippen LogP contribution < -0.4 is 4.90 Å². The maximum Gasteiger partial charge on any atom is 0.416 e. The molecule has 5 heterocycles. The Morgan fingerprint density at radius 1 is 1.21 bits per heavy atom. The molecule has 3 aromatic rings. The number of pyridine rings is 1. The normalized spacial score (nSPS) is 19.5. The Labute approximate surface area is 276 Å². The molecule has 0 bridgehead atoms. The number of halogens is 3. The number of alkyl halides is 3. The molecule has 0 aliphatic carbocycles. The lowest BCUT2D eigenvalue weighted by molar-refractivity contribution is -0.140. The van der Waals surface area contributed by atoms with Crippen molar-refractivity contribution in [1.82, 2.24) is 24.6 Å². The first-order valence-electron chi connectivity index (χ1n) is 15.9. The number of hydrogen-bond acceptors (Lipinski definition) is 9. The molecule has 1 atom stereocenters. The Morgan fingerprint density at radius 3 is 2.68 bits per heavy atom. The number of thioether (sulfide) groups is 1. The van der Waals surface area contributed by atoms with Crippen LogP contribution >= 0.6 is 11.8 Å². The second kappa shape index (κ2) is 13.6. The van der Waals surface area contributed by atoms with Crippen molar-refractivity contribution in [2.24, 2.45) is 13.0 Å². The number of amides is 1. The highest BCUT2D eigenvalue weighted by atomic mass is 32.2. The fourth-order valence-corrected chi connectivity index (χ4v) is 7.57. The lowest BCUT2D eigenvalue weighted by Crippen LogP contribution is -2.49. The third kappa shape index (κ3) is 7.05. The number of methoxy groups -OCH3 is 1. The lowest BCUT2D eigenvalue weighted by atomic mass is 9.76. The summed E-state index contributed by atoms with van der Waals surface area (Å²) in [6.45, 7) is 4.69. The SMILES string of the molecule is CC[C@H]1CCCN(Cc2cc3c(c(C(F)(F)F)c2)CN(c2cc(C4(Cc5nncn5C)COC4)cc(SCCC(=O)OC)n2)C3=O)C1. The predicted molar refractivity (Wildman–Crippen MR) is 169 cm³/mol. The van der Waals surface area contributed by atoms with E-state index in [4.69, 9.17) is 14.5 Å². The van der Waals surface area contributed by atoms with Gasteiger partial charge in [0.05, 0.1) is 43.9 Å². The van der Waals surface area contributed by atoms with E-state index in [0.717, 1.165) is 43.7 Å². The Morgan fingerprint density at radius 2 is 2.02 bits per heavy atom. The summed E-state index contributed by atoms with van der Waals surface area (Å²) in [5, 5.41) is 8.79. The molecule has 0 saturated carbocycles. The molecule has 10 nitrogen and oxygen atoms in total. The van der Waals surface area contributed by atoms with Gasteiger partial charge in [0.25, 0.3) is 5.91 Å². The number of carbonyl (C=O) groups excluding carboxylic acids is 2. The first kappa shape index (κ1) is 33.4. The first-order valence-corrected chi connectivity index (χ1v) is 16.9. The van der Waals surface area contributed by atoms with Gasteiger partial charge in [-0.25, -0.2) is 4.98 Å². The molecule has 14 heteroatoms. The first-order chi connectivity index (χ1) is 22.5. The minimum atomic E-state index is -4.63. The summed E-state index contributed by atoms with van der Waals surface area (Å²) in [5.41, 5.74) is 0.0585. The van der Waals surface area contributed by atoms with Gasteiger partial charge < -0.3 is 14.0 Å². The Kier molecular flexibility index (Phi) is 9.64. The summed E-state index contributed by atoms with van der Waals surface area (Å²) < 4.78 is 55.9. The van der Waals surface area contributed by atoms with E-state index in [9.17, 15) is 22.8 Å². The van der Waals surface area contributed by atoms with Gasteiger partial charge in [0.2, 0.25) is 0 Å². The van der Waals surface area contributed by atoms with Crippen LogP contribution in [0, 0.1) is 5.92 Å². The van der Waals surface area contributed by atoms with Crippen LogP contribution in [0.1, 0.15) is 71.0 Å². The number of benzene rings is 1. The van der Waals surface area contributed by atoms with E-state index in [1.807, 2.05) is 17.7 Å². The highest BCUT2D eigenvalue weighted by Gasteiger charge is 2.44. The fourth-order valence-electron chi connectivity index (χ4n) is 6.72.